The number of nitrogens with one attached hydrogen (secondary N) is 1. The fourth-order valence-corrected chi connectivity index (χ4v) is 4.58. The van der Waals surface area contributed by atoms with Crippen LogP contribution in [0.4, 0.5) is 4.39 Å². The van der Waals surface area contributed by atoms with Crippen molar-refractivity contribution in [3.8, 4) is 0 Å². The summed E-state index contributed by atoms with van der Waals surface area (Å²) in [6.45, 7) is 2.25. The second-order valence-electron chi connectivity index (χ2n) is 6.37. The maximum atomic E-state index is 12.9. The van der Waals surface area contributed by atoms with Gasteiger partial charge in [-0.2, -0.15) is 0 Å². The van der Waals surface area contributed by atoms with Crippen LogP contribution in [-0.4, -0.2) is 9.97 Å². The Labute approximate surface area is 142 Å². The van der Waals surface area contributed by atoms with Gasteiger partial charge in [-0.3, -0.25) is 4.79 Å². The fourth-order valence-electron chi connectivity index (χ4n) is 3.19. The van der Waals surface area contributed by atoms with Crippen molar-refractivity contribution in [2.24, 2.45) is 5.92 Å². The molecule has 0 aliphatic heterocycles. The summed E-state index contributed by atoms with van der Waals surface area (Å²) in [6.07, 6.45) is 6.71. The molecule has 1 aliphatic rings. The number of halogens is 1. The summed E-state index contributed by atoms with van der Waals surface area (Å²) in [6, 6.07) is 6.20. The SMILES string of the molecule is C[C@@H]1CCc2c(sc3nc(/C=C/c4ccc(F)cc4)[nH]c(=O)c23)C1. The molecule has 2 aromatic heterocycles. The van der Waals surface area contributed by atoms with Gasteiger partial charge in [-0.25, -0.2) is 9.37 Å². The maximum Gasteiger partial charge on any atom is 0.260 e. The zero-order valence-electron chi connectivity index (χ0n) is 13.3. The van der Waals surface area contributed by atoms with Crippen LogP contribution in [0.15, 0.2) is 29.1 Å². The van der Waals surface area contributed by atoms with Crippen LogP contribution in [0.1, 0.15) is 35.2 Å². The number of H-pyrrole nitrogens is 1. The molecule has 0 fully saturated rings. The Kier molecular flexibility index (Phi) is 3.81. The van der Waals surface area contributed by atoms with Crippen molar-refractivity contribution in [3.05, 3.63) is 62.3 Å². The first kappa shape index (κ1) is 15.3. The molecular weight excluding hydrogens is 323 g/mol. The maximum absolute atomic E-state index is 12.9. The molecule has 24 heavy (non-hydrogen) atoms. The average molecular weight is 340 g/mol. The van der Waals surface area contributed by atoms with Gasteiger partial charge in [0.2, 0.25) is 0 Å². The van der Waals surface area contributed by atoms with E-state index in [2.05, 4.69) is 16.9 Å². The summed E-state index contributed by atoms with van der Waals surface area (Å²) in [4.78, 5) is 22.1. The van der Waals surface area contributed by atoms with Crippen molar-refractivity contribution in [2.45, 2.75) is 26.2 Å². The topological polar surface area (TPSA) is 45.8 Å². The number of rotatable bonds is 2. The van der Waals surface area contributed by atoms with Crippen molar-refractivity contribution in [2.75, 3.05) is 0 Å². The third-order valence-electron chi connectivity index (χ3n) is 4.49. The highest BCUT2D eigenvalue weighted by Crippen LogP contribution is 2.35. The molecule has 1 atom stereocenters. The van der Waals surface area contributed by atoms with E-state index in [4.69, 9.17) is 0 Å². The number of benzene rings is 1. The fraction of sp³-hybridized carbons (Fsp3) is 0.263. The molecule has 0 spiro atoms. The number of thiophene rings is 1. The number of aromatic nitrogens is 2. The largest absolute Gasteiger partial charge is 0.306 e. The van der Waals surface area contributed by atoms with Crippen LogP contribution in [0.3, 0.4) is 0 Å². The first-order valence-corrected chi connectivity index (χ1v) is 8.90. The Morgan fingerprint density at radius 3 is 2.88 bits per heavy atom. The normalized spacial score (nSPS) is 17.5. The van der Waals surface area contributed by atoms with Crippen LogP contribution in [0, 0.1) is 11.7 Å². The van der Waals surface area contributed by atoms with Crippen molar-refractivity contribution in [3.63, 3.8) is 0 Å². The minimum Gasteiger partial charge on any atom is -0.306 e. The molecule has 0 bridgehead atoms. The van der Waals surface area contributed by atoms with E-state index in [1.165, 1.54) is 22.6 Å². The highest BCUT2D eigenvalue weighted by molar-refractivity contribution is 7.18. The molecule has 1 aliphatic carbocycles. The van der Waals surface area contributed by atoms with Crippen LogP contribution < -0.4 is 5.56 Å². The Hall–Kier alpha value is -2.27. The number of aromatic amines is 1. The standard InChI is InChI=1S/C19H17FN2OS/c1-11-2-8-14-15(10-11)24-19-17(14)18(23)21-16(22-19)9-5-12-3-6-13(20)7-4-12/h3-7,9,11H,2,8,10H2,1H3,(H,21,22,23)/b9-5+/t11-/m1/s1. The minimum absolute atomic E-state index is 0.0641. The van der Waals surface area contributed by atoms with E-state index in [0.29, 0.717) is 11.7 Å². The summed E-state index contributed by atoms with van der Waals surface area (Å²) in [5.41, 5.74) is 1.99. The van der Waals surface area contributed by atoms with Crippen molar-refractivity contribution >= 4 is 33.7 Å². The molecule has 3 aromatic rings. The number of nitrogens with zero attached hydrogens (tertiary/aromatic N) is 1. The highest BCUT2D eigenvalue weighted by Gasteiger charge is 2.22. The Morgan fingerprint density at radius 2 is 2.08 bits per heavy atom. The predicted molar refractivity (Wildman–Crippen MR) is 96.8 cm³/mol. The molecule has 0 unspecified atom stereocenters. The van der Waals surface area contributed by atoms with Gasteiger partial charge < -0.3 is 4.98 Å². The van der Waals surface area contributed by atoms with Gasteiger partial charge >= 0.3 is 0 Å². The second kappa shape index (κ2) is 5.98. The lowest BCUT2D eigenvalue weighted by molar-refractivity contribution is 0.509. The third kappa shape index (κ3) is 2.80. The van der Waals surface area contributed by atoms with Crippen molar-refractivity contribution in [1.29, 1.82) is 0 Å². The molecule has 0 saturated heterocycles. The van der Waals surface area contributed by atoms with Gasteiger partial charge in [0, 0.05) is 4.88 Å². The van der Waals surface area contributed by atoms with Crippen LogP contribution in [0.2, 0.25) is 0 Å². The Morgan fingerprint density at radius 1 is 1.29 bits per heavy atom. The van der Waals surface area contributed by atoms with Gasteiger partial charge in [-0.1, -0.05) is 25.1 Å². The van der Waals surface area contributed by atoms with Crippen LogP contribution >= 0.6 is 11.3 Å². The molecule has 0 amide bonds. The quantitative estimate of drug-likeness (QED) is 0.750. The lowest BCUT2D eigenvalue weighted by atomic mass is 9.89. The van der Waals surface area contributed by atoms with E-state index in [0.717, 1.165) is 35.0 Å². The van der Waals surface area contributed by atoms with E-state index in [1.807, 2.05) is 6.08 Å². The zero-order chi connectivity index (χ0) is 16.7. The van der Waals surface area contributed by atoms with E-state index < -0.39 is 0 Å². The van der Waals surface area contributed by atoms with Gasteiger partial charge in [0.1, 0.15) is 16.5 Å². The van der Waals surface area contributed by atoms with E-state index in [-0.39, 0.29) is 11.4 Å². The summed E-state index contributed by atoms with van der Waals surface area (Å²) >= 11 is 1.64. The lowest BCUT2D eigenvalue weighted by Gasteiger charge is -2.17. The number of hydrogen-bond acceptors (Lipinski definition) is 3. The molecular formula is C19H17FN2OS. The predicted octanol–water partition coefficient (Wildman–Crippen LogP) is 4.42. The van der Waals surface area contributed by atoms with Gasteiger partial charge in [-0.05, 0) is 54.5 Å². The molecule has 2 heterocycles. The van der Waals surface area contributed by atoms with Crippen LogP contribution in [0.25, 0.3) is 22.4 Å². The van der Waals surface area contributed by atoms with E-state index in [1.54, 1.807) is 29.5 Å². The Balaban J connectivity index is 1.73. The Bertz CT molecular complexity index is 985. The average Bonchev–Trinajstić information content (AvgIpc) is 2.92. The first-order chi connectivity index (χ1) is 11.6. The number of hydrogen-bond donors (Lipinski definition) is 1. The molecule has 122 valence electrons. The van der Waals surface area contributed by atoms with Crippen molar-refractivity contribution < 1.29 is 4.39 Å². The summed E-state index contributed by atoms with van der Waals surface area (Å²) in [5.74, 6) is 0.935. The summed E-state index contributed by atoms with van der Waals surface area (Å²) < 4.78 is 12.9. The van der Waals surface area contributed by atoms with Crippen LogP contribution in [0.5, 0.6) is 0 Å². The van der Waals surface area contributed by atoms with Crippen molar-refractivity contribution in [1.82, 2.24) is 9.97 Å². The van der Waals surface area contributed by atoms with Gasteiger partial charge in [0.05, 0.1) is 5.39 Å². The second-order valence-corrected chi connectivity index (χ2v) is 7.45. The first-order valence-electron chi connectivity index (χ1n) is 8.08. The summed E-state index contributed by atoms with van der Waals surface area (Å²) in [5, 5.41) is 0.765. The van der Waals surface area contributed by atoms with Gasteiger partial charge in [-0.15, -0.1) is 11.3 Å². The molecule has 1 aromatic carbocycles. The monoisotopic (exact) mass is 340 g/mol. The smallest absolute Gasteiger partial charge is 0.260 e. The number of aryl methyl sites for hydroxylation is 1. The third-order valence-corrected chi connectivity index (χ3v) is 5.64. The minimum atomic E-state index is -0.265. The molecule has 3 nitrogen and oxygen atoms in total. The van der Waals surface area contributed by atoms with E-state index >= 15 is 0 Å². The summed E-state index contributed by atoms with van der Waals surface area (Å²) in [7, 11) is 0. The number of fused-ring (bicyclic) bond motifs is 3. The molecule has 4 rings (SSSR count). The van der Waals surface area contributed by atoms with E-state index in [9.17, 15) is 9.18 Å². The zero-order valence-corrected chi connectivity index (χ0v) is 14.1. The molecule has 5 heteroatoms. The van der Waals surface area contributed by atoms with Crippen LogP contribution in [-0.2, 0) is 12.8 Å². The molecule has 0 saturated carbocycles. The lowest BCUT2D eigenvalue weighted by Crippen LogP contribution is -2.13. The highest BCUT2D eigenvalue weighted by atomic mass is 32.1. The molecule has 1 N–H and O–H groups in total. The molecule has 0 radical (unpaired) electrons. The van der Waals surface area contributed by atoms with Gasteiger partial charge in [0.15, 0.2) is 0 Å². The van der Waals surface area contributed by atoms with Gasteiger partial charge in [0.25, 0.3) is 5.56 Å².